The van der Waals surface area contributed by atoms with Crippen LogP contribution in [0.5, 0.6) is 0 Å². The Hall–Kier alpha value is -3.49. The van der Waals surface area contributed by atoms with Gasteiger partial charge in [0.15, 0.2) is 0 Å². The lowest BCUT2D eigenvalue weighted by Gasteiger charge is -2.35. The van der Waals surface area contributed by atoms with E-state index in [0.29, 0.717) is 23.6 Å². The van der Waals surface area contributed by atoms with Gasteiger partial charge in [0.2, 0.25) is 0 Å². The van der Waals surface area contributed by atoms with Crippen molar-refractivity contribution in [2.24, 2.45) is 0 Å². The summed E-state index contributed by atoms with van der Waals surface area (Å²) in [7, 11) is 0. The van der Waals surface area contributed by atoms with Crippen molar-refractivity contribution < 1.29 is 19.1 Å². The molecular weight excluding hydrogens is 410 g/mol. The topological polar surface area (TPSA) is 114 Å². The van der Waals surface area contributed by atoms with Crippen molar-refractivity contribution in [3.8, 4) is 0 Å². The molecule has 2 N–H and O–H groups in total. The maximum absolute atomic E-state index is 12.9. The number of hydrogen-bond acceptors (Lipinski definition) is 6. The standard InChI is InChI=1S/C23H29N5O4/c1-15-13-17(14-25-19(15)27-22(31)32-23(2,3)4)26-20(29)21(30)28-12-6-5-7-18(28)16-8-10-24-11-9-16/h8-11,13-14,18H,5-7,12H2,1-4H3,(H,26,29)(H,25,27,31)/t18-/m0/s1. The fourth-order valence-corrected chi connectivity index (χ4v) is 3.60. The SMILES string of the molecule is Cc1cc(NC(=O)C(=O)N2CCCC[C@H]2c2ccncc2)cnc1NC(=O)OC(C)(C)C. The monoisotopic (exact) mass is 439 g/mol. The molecule has 3 heterocycles. The average Bonchev–Trinajstić information content (AvgIpc) is 2.74. The highest BCUT2D eigenvalue weighted by atomic mass is 16.6. The van der Waals surface area contributed by atoms with Crippen molar-refractivity contribution in [2.75, 3.05) is 17.2 Å². The summed E-state index contributed by atoms with van der Waals surface area (Å²) >= 11 is 0. The van der Waals surface area contributed by atoms with Crippen LogP contribution in [0.1, 0.15) is 57.2 Å². The second-order valence-corrected chi connectivity index (χ2v) is 8.76. The third-order valence-electron chi connectivity index (χ3n) is 5.00. The Bertz CT molecular complexity index is 988. The highest BCUT2D eigenvalue weighted by Gasteiger charge is 2.31. The van der Waals surface area contributed by atoms with Crippen LogP contribution >= 0.6 is 0 Å². The number of ether oxygens (including phenoxy) is 1. The van der Waals surface area contributed by atoms with Crippen LogP contribution in [0.2, 0.25) is 0 Å². The summed E-state index contributed by atoms with van der Waals surface area (Å²) in [5.41, 5.74) is 1.33. The first-order valence-electron chi connectivity index (χ1n) is 10.6. The predicted octanol–water partition coefficient (Wildman–Crippen LogP) is 3.82. The van der Waals surface area contributed by atoms with Crippen LogP contribution in [0.4, 0.5) is 16.3 Å². The molecule has 9 nitrogen and oxygen atoms in total. The molecule has 1 saturated heterocycles. The number of hydrogen-bond donors (Lipinski definition) is 2. The molecule has 2 aromatic heterocycles. The molecule has 0 saturated carbocycles. The van der Waals surface area contributed by atoms with Crippen molar-refractivity contribution in [2.45, 2.75) is 58.6 Å². The van der Waals surface area contributed by atoms with E-state index < -0.39 is 23.5 Å². The van der Waals surface area contributed by atoms with Crippen molar-refractivity contribution in [3.05, 3.63) is 47.9 Å². The normalized spacial score (nSPS) is 16.2. The van der Waals surface area contributed by atoms with E-state index in [0.717, 1.165) is 24.8 Å². The molecule has 3 rings (SSSR count). The van der Waals surface area contributed by atoms with Gasteiger partial charge in [-0.05, 0) is 76.3 Å². The van der Waals surface area contributed by atoms with E-state index in [9.17, 15) is 14.4 Å². The number of carbonyl (C=O) groups is 3. The van der Waals surface area contributed by atoms with Gasteiger partial charge in [0, 0.05) is 18.9 Å². The van der Waals surface area contributed by atoms with Gasteiger partial charge in [-0.2, -0.15) is 0 Å². The molecule has 0 unspecified atom stereocenters. The summed E-state index contributed by atoms with van der Waals surface area (Å²) in [6.07, 6.45) is 6.80. The maximum Gasteiger partial charge on any atom is 0.413 e. The summed E-state index contributed by atoms with van der Waals surface area (Å²) < 4.78 is 5.22. The van der Waals surface area contributed by atoms with Gasteiger partial charge in [-0.25, -0.2) is 9.78 Å². The molecule has 1 fully saturated rings. The predicted molar refractivity (Wildman–Crippen MR) is 120 cm³/mol. The number of nitrogens with one attached hydrogen (secondary N) is 2. The lowest BCUT2D eigenvalue weighted by molar-refractivity contribution is -0.145. The Morgan fingerprint density at radius 3 is 2.50 bits per heavy atom. The first-order valence-corrected chi connectivity index (χ1v) is 10.6. The number of aryl methyl sites for hydroxylation is 1. The molecule has 32 heavy (non-hydrogen) atoms. The van der Waals surface area contributed by atoms with Crippen LogP contribution in [0.15, 0.2) is 36.8 Å². The lowest BCUT2D eigenvalue weighted by atomic mass is 9.96. The molecule has 0 bridgehead atoms. The number of aromatic nitrogens is 2. The number of anilines is 2. The molecule has 0 radical (unpaired) electrons. The molecular formula is C23H29N5O4. The largest absolute Gasteiger partial charge is 0.444 e. The van der Waals surface area contributed by atoms with Crippen molar-refractivity contribution in [3.63, 3.8) is 0 Å². The Labute approximate surface area is 187 Å². The van der Waals surface area contributed by atoms with Gasteiger partial charge in [-0.3, -0.25) is 19.9 Å². The number of nitrogens with zero attached hydrogens (tertiary/aromatic N) is 3. The molecule has 3 amide bonds. The lowest BCUT2D eigenvalue weighted by Crippen LogP contribution is -2.44. The zero-order valence-corrected chi connectivity index (χ0v) is 18.8. The third kappa shape index (κ3) is 6.03. The van der Waals surface area contributed by atoms with E-state index in [-0.39, 0.29) is 6.04 Å². The molecule has 2 aromatic rings. The van der Waals surface area contributed by atoms with Gasteiger partial charge in [-0.15, -0.1) is 0 Å². The quantitative estimate of drug-likeness (QED) is 0.703. The summed E-state index contributed by atoms with van der Waals surface area (Å²) in [6.45, 7) is 7.56. The van der Waals surface area contributed by atoms with E-state index in [4.69, 9.17) is 4.74 Å². The highest BCUT2D eigenvalue weighted by molar-refractivity contribution is 6.39. The molecule has 0 aromatic carbocycles. The van der Waals surface area contributed by atoms with E-state index in [1.165, 1.54) is 6.20 Å². The number of rotatable bonds is 3. The number of pyridine rings is 2. The van der Waals surface area contributed by atoms with Gasteiger partial charge in [0.05, 0.1) is 17.9 Å². The second-order valence-electron chi connectivity index (χ2n) is 8.76. The summed E-state index contributed by atoms with van der Waals surface area (Å²) in [5.74, 6) is -0.988. The van der Waals surface area contributed by atoms with Gasteiger partial charge in [0.1, 0.15) is 11.4 Å². The van der Waals surface area contributed by atoms with Gasteiger partial charge >= 0.3 is 17.9 Å². The number of likely N-dealkylation sites (tertiary alicyclic amines) is 1. The average molecular weight is 440 g/mol. The van der Waals surface area contributed by atoms with Crippen molar-refractivity contribution in [1.82, 2.24) is 14.9 Å². The Balaban J connectivity index is 1.66. The molecule has 1 aliphatic heterocycles. The van der Waals surface area contributed by atoms with Crippen LogP contribution in [0.3, 0.4) is 0 Å². The van der Waals surface area contributed by atoms with E-state index in [2.05, 4.69) is 20.6 Å². The van der Waals surface area contributed by atoms with E-state index in [1.54, 1.807) is 51.1 Å². The molecule has 1 atom stereocenters. The number of amides is 3. The summed E-state index contributed by atoms with van der Waals surface area (Å²) in [5, 5.41) is 5.20. The number of carbonyl (C=O) groups excluding carboxylic acids is 3. The summed E-state index contributed by atoms with van der Waals surface area (Å²) in [6, 6.07) is 5.24. The van der Waals surface area contributed by atoms with Gasteiger partial charge in [0.25, 0.3) is 0 Å². The van der Waals surface area contributed by atoms with E-state index in [1.807, 2.05) is 12.1 Å². The smallest absolute Gasteiger partial charge is 0.413 e. The maximum atomic E-state index is 12.9. The first kappa shape index (κ1) is 23.2. The van der Waals surface area contributed by atoms with Gasteiger partial charge in [-0.1, -0.05) is 0 Å². The van der Waals surface area contributed by atoms with Crippen LogP contribution in [-0.4, -0.2) is 44.9 Å². The van der Waals surface area contributed by atoms with Crippen molar-refractivity contribution >= 4 is 29.4 Å². The Morgan fingerprint density at radius 2 is 1.84 bits per heavy atom. The van der Waals surface area contributed by atoms with Crippen LogP contribution in [-0.2, 0) is 14.3 Å². The zero-order valence-electron chi connectivity index (χ0n) is 18.8. The highest BCUT2D eigenvalue weighted by Crippen LogP contribution is 2.30. The molecule has 1 aliphatic rings. The van der Waals surface area contributed by atoms with E-state index >= 15 is 0 Å². The van der Waals surface area contributed by atoms with Crippen molar-refractivity contribution in [1.29, 1.82) is 0 Å². The minimum atomic E-state index is -0.722. The first-order chi connectivity index (χ1) is 15.1. The van der Waals surface area contributed by atoms with Gasteiger partial charge < -0.3 is 15.0 Å². The fourth-order valence-electron chi connectivity index (χ4n) is 3.60. The molecule has 9 heteroatoms. The Kier molecular flexibility index (Phi) is 7.07. The minimum Gasteiger partial charge on any atom is -0.444 e. The summed E-state index contributed by atoms with van der Waals surface area (Å²) in [4.78, 5) is 47.4. The van der Waals surface area contributed by atoms with Crippen LogP contribution < -0.4 is 10.6 Å². The molecule has 0 spiro atoms. The Morgan fingerprint density at radius 1 is 1.12 bits per heavy atom. The van der Waals surface area contributed by atoms with Crippen LogP contribution in [0, 0.1) is 6.92 Å². The number of piperidine rings is 1. The molecule has 170 valence electrons. The van der Waals surface area contributed by atoms with Crippen LogP contribution in [0.25, 0.3) is 0 Å². The third-order valence-corrected chi connectivity index (χ3v) is 5.00. The molecule has 0 aliphatic carbocycles. The minimum absolute atomic E-state index is 0.148. The fraction of sp³-hybridized carbons (Fsp3) is 0.435. The second kappa shape index (κ2) is 9.76. The zero-order chi connectivity index (χ0) is 23.3.